The van der Waals surface area contributed by atoms with E-state index in [9.17, 15) is 4.79 Å². The molecule has 0 aliphatic heterocycles. The molecule has 1 N–H and O–H groups in total. The van der Waals surface area contributed by atoms with E-state index in [0.29, 0.717) is 24.3 Å². The summed E-state index contributed by atoms with van der Waals surface area (Å²) in [5.41, 5.74) is 2.62. The molecule has 5 heteroatoms. The molecule has 2 heterocycles. The first-order valence-corrected chi connectivity index (χ1v) is 6.83. The minimum absolute atomic E-state index is 0.210. The average Bonchev–Trinajstić information content (AvgIpc) is 3.04. The Morgan fingerprint density at radius 3 is 2.81 bits per heavy atom. The SMILES string of the molecule is Cc1noc(C)c1CCNC(=O)c1cc2ccccc2o1. The van der Waals surface area contributed by atoms with Gasteiger partial charge in [0.15, 0.2) is 5.76 Å². The number of benzene rings is 1. The van der Waals surface area contributed by atoms with Crippen molar-refractivity contribution in [3.8, 4) is 0 Å². The highest BCUT2D eigenvalue weighted by Crippen LogP contribution is 2.18. The second-order valence-electron chi connectivity index (χ2n) is 4.96. The van der Waals surface area contributed by atoms with Gasteiger partial charge in [0, 0.05) is 17.5 Å². The number of para-hydroxylation sites is 1. The number of aryl methyl sites for hydroxylation is 2. The number of hydrogen-bond acceptors (Lipinski definition) is 4. The number of nitrogens with one attached hydrogen (secondary N) is 1. The van der Waals surface area contributed by atoms with Crippen LogP contribution < -0.4 is 5.32 Å². The zero-order valence-electron chi connectivity index (χ0n) is 12.0. The molecule has 1 amide bonds. The largest absolute Gasteiger partial charge is 0.451 e. The molecule has 0 bridgehead atoms. The number of rotatable bonds is 4. The van der Waals surface area contributed by atoms with Gasteiger partial charge in [0.2, 0.25) is 0 Å². The fourth-order valence-corrected chi connectivity index (χ4v) is 2.34. The highest BCUT2D eigenvalue weighted by Gasteiger charge is 2.13. The first-order valence-electron chi connectivity index (χ1n) is 6.83. The maximum atomic E-state index is 12.1. The number of amides is 1. The van der Waals surface area contributed by atoms with Gasteiger partial charge in [-0.25, -0.2) is 0 Å². The Kier molecular flexibility index (Phi) is 3.48. The van der Waals surface area contributed by atoms with E-state index in [2.05, 4.69) is 10.5 Å². The van der Waals surface area contributed by atoms with Crippen LogP contribution in [0.5, 0.6) is 0 Å². The minimum atomic E-state index is -0.210. The van der Waals surface area contributed by atoms with Crippen molar-refractivity contribution in [3.05, 3.63) is 53.1 Å². The normalized spacial score (nSPS) is 11.0. The zero-order chi connectivity index (χ0) is 14.8. The van der Waals surface area contributed by atoms with E-state index in [1.807, 2.05) is 38.1 Å². The molecule has 0 aliphatic rings. The predicted molar refractivity (Wildman–Crippen MR) is 78.2 cm³/mol. The second kappa shape index (κ2) is 5.44. The van der Waals surface area contributed by atoms with Crippen molar-refractivity contribution in [3.63, 3.8) is 0 Å². The smallest absolute Gasteiger partial charge is 0.287 e. The Labute approximate surface area is 121 Å². The summed E-state index contributed by atoms with van der Waals surface area (Å²) in [6.45, 7) is 4.28. The third kappa shape index (κ3) is 2.67. The molecule has 0 spiro atoms. The highest BCUT2D eigenvalue weighted by molar-refractivity contribution is 5.96. The molecule has 5 nitrogen and oxygen atoms in total. The molecule has 2 aromatic heterocycles. The monoisotopic (exact) mass is 284 g/mol. The van der Waals surface area contributed by atoms with Crippen LogP contribution >= 0.6 is 0 Å². The van der Waals surface area contributed by atoms with Crippen LogP contribution in [0.1, 0.15) is 27.6 Å². The van der Waals surface area contributed by atoms with Crippen molar-refractivity contribution in [2.24, 2.45) is 0 Å². The first-order chi connectivity index (χ1) is 10.1. The molecule has 0 fully saturated rings. The van der Waals surface area contributed by atoms with Crippen LogP contribution in [0.3, 0.4) is 0 Å². The number of carbonyl (C=O) groups is 1. The number of nitrogens with zero attached hydrogens (tertiary/aromatic N) is 1. The van der Waals surface area contributed by atoms with Crippen LogP contribution in [0.4, 0.5) is 0 Å². The lowest BCUT2D eigenvalue weighted by atomic mass is 10.1. The van der Waals surface area contributed by atoms with E-state index in [1.165, 1.54) is 0 Å². The van der Waals surface area contributed by atoms with Crippen molar-refractivity contribution in [2.45, 2.75) is 20.3 Å². The fraction of sp³-hybridized carbons (Fsp3) is 0.250. The zero-order valence-corrected chi connectivity index (χ0v) is 12.0. The lowest BCUT2D eigenvalue weighted by Gasteiger charge is -2.02. The molecule has 0 atom stereocenters. The van der Waals surface area contributed by atoms with Crippen molar-refractivity contribution in [2.75, 3.05) is 6.54 Å². The van der Waals surface area contributed by atoms with Gasteiger partial charge in [0.1, 0.15) is 11.3 Å². The summed E-state index contributed by atoms with van der Waals surface area (Å²) in [4.78, 5) is 12.1. The molecule has 0 saturated carbocycles. The summed E-state index contributed by atoms with van der Waals surface area (Å²) >= 11 is 0. The Morgan fingerprint density at radius 2 is 2.10 bits per heavy atom. The maximum Gasteiger partial charge on any atom is 0.287 e. The molecule has 0 radical (unpaired) electrons. The lowest BCUT2D eigenvalue weighted by Crippen LogP contribution is -2.25. The fourth-order valence-electron chi connectivity index (χ4n) is 2.34. The highest BCUT2D eigenvalue weighted by atomic mass is 16.5. The van der Waals surface area contributed by atoms with E-state index in [1.54, 1.807) is 6.07 Å². The second-order valence-corrected chi connectivity index (χ2v) is 4.96. The summed E-state index contributed by atoms with van der Waals surface area (Å²) < 4.78 is 10.6. The third-order valence-electron chi connectivity index (χ3n) is 3.49. The molecule has 21 heavy (non-hydrogen) atoms. The van der Waals surface area contributed by atoms with Gasteiger partial charge in [0.05, 0.1) is 5.69 Å². The van der Waals surface area contributed by atoms with Gasteiger partial charge in [-0.3, -0.25) is 4.79 Å². The van der Waals surface area contributed by atoms with Gasteiger partial charge < -0.3 is 14.3 Å². The number of hydrogen-bond donors (Lipinski definition) is 1. The standard InChI is InChI=1S/C16H16N2O3/c1-10-13(11(2)21-18-10)7-8-17-16(19)15-9-12-5-3-4-6-14(12)20-15/h3-6,9H,7-8H2,1-2H3,(H,17,19). The van der Waals surface area contributed by atoms with E-state index in [4.69, 9.17) is 8.94 Å². The van der Waals surface area contributed by atoms with Crippen molar-refractivity contribution in [1.29, 1.82) is 0 Å². The van der Waals surface area contributed by atoms with Crippen LogP contribution in [-0.2, 0) is 6.42 Å². The summed E-state index contributed by atoms with van der Waals surface area (Å²) in [6.07, 6.45) is 0.688. The minimum Gasteiger partial charge on any atom is -0.451 e. The Balaban J connectivity index is 1.64. The Morgan fingerprint density at radius 1 is 1.29 bits per heavy atom. The van der Waals surface area contributed by atoms with E-state index in [0.717, 1.165) is 22.4 Å². The van der Waals surface area contributed by atoms with Crippen LogP contribution in [0.25, 0.3) is 11.0 Å². The maximum absolute atomic E-state index is 12.1. The molecular weight excluding hydrogens is 268 g/mol. The number of carbonyl (C=O) groups excluding carboxylic acids is 1. The predicted octanol–water partition coefficient (Wildman–Crippen LogP) is 3.01. The van der Waals surface area contributed by atoms with Crippen LogP contribution in [0.2, 0.25) is 0 Å². The lowest BCUT2D eigenvalue weighted by molar-refractivity contribution is 0.0928. The molecule has 0 unspecified atom stereocenters. The van der Waals surface area contributed by atoms with Crippen LogP contribution in [-0.4, -0.2) is 17.6 Å². The third-order valence-corrected chi connectivity index (χ3v) is 3.49. The Bertz CT molecular complexity index is 733. The van der Waals surface area contributed by atoms with Gasteiger partial charge in [-0.2, -0.15) is 0 Å². The molecule has 3 aromatic rings. The van der Waals surface area contributed by atoms with Gasteiger partial charge in [-0.15, -0.1) is 0 Å². The van der Waals surface area contributed by atoms with Crippen molar-refractivity contribution >= 4 is 16.9 Å². The van der Waals surface area contributed by atoms with E-state index < -0.39 is 0 Å². The van der Waals surface area contributed by atoms with Crippen LogP contribution in [0.15, 0.2) is 39.3 Å². The molecular formula is C16H16N2O3. The summed E-state index contributed by atoms with van der Waals surface area (Å²) in [6, 6.07) is 9.30. The van der Waals surface area contributed by atoms with Crippen LogP contribution in [0, 0.1) is 13.8 Å². The van der Waals surface area contributed by atoms with Crippen molar-refractivity contribution in [1.82, 2.24) is 10.5 Å². The number of fused-ring (bicyclic) bond motifs is 1. The van der Waals surface area contributed by atoms with Gasteiger partial charge >= 0.3 is 0 Å². The topological polar surface area (TPSA) is 68.3 Å². The summed E-state index contributed by atoms with van der Waals surface area (Å²) in [5, 5.41) is 7.67. The Hall–Kier alpha value is -2.56. The van der Waals surface area contributed by atoms with Crippen molar-refractivity contribution < 1.29 is 13.7 Å². The van der Waals surface area contributed by atoms with Gasteiger partial charge in [-0.1, -0.05) is 23.4 Å². The first kappa shape index (κ1) is 13.4. The number of aromatic nitrogens is 1. The van der Waals surface area contributed by atoms with E-state index >= 15 is 0 Å². The average molecular weight is 284 g/mol. The molecule has 108 valence electrons. The summed E-state index contributed by atoms with van der Waals surface area (Å²) in [5.74, 6) is 0.915. The van der Waals surface area contributed by atoms with Gasteiger partial charge in [-0.05, 0) is 32.4 Å². The number of furan rings is 1. The molecule has 0 saturated heterocycles. The molecule has 3 rings (SSSR count). The molecule has 1 aromatic carbocycles. The van der Waals surface area contributed by atoms with E-state index in [-0.39, 0.29) is 5.91 Å². The molecule has 0 aliphatic carbocycles. The quantitative estimate of drug-likeness (QED) is 0.799. The summed E-state index contributed by atoms with van der Waals surface area (Å²) in [7, 11) is 0. The van der Waals surface area contributed by atoms with Gasteiger partial charge in [0.25, 0.3) is 5.91 Å².